The molecule has 0 bridgehead atoms. The highest BCUT2D eigenvalue weighted by Gasteiger charge is 1.97. The second kappa shape index (κ2) is 5.41. The number of allylic oxidation sites excluding steroid dienone is 1. The minimum Gasteiger partial charge on any atom is -0.466 e. The first-order chi connectivity index (χ1) is 7.11. The van der Waals surface area contributed by atoms with Gasteiger partial charge in [0.05, 0.1) is 7.11 Å². The molecule has 80 valence electrons. The molecular weight excluding hydrogens is 214 g/mol. The van der Waals surface area contributed by atoms with E-state index in [2.05, 4.69) is 10.1 Å². The first kappa shape index (κ1) is 11.6. The zero-order valence-corrected chi connectivity index (χ0v) is 9.34. The van der Waals surface area contributed by atoms with Gasteiger partial charge >= 0.3 is 5.97 Å². The van der Waals surface area contributed by atoms with Gasteiger partial charge in [0.2, 0.25) is 0 Å². The molecule has 0 aliphatic rings. The average Bonchev–Trinajstić information content (AvgIpc) is 2.21. The number of rotatable bonds is 3. The largest absolute Gasteiger partial charge is 0.466 e. The Bertz CT molecular complexity index is 371. The van der Waals surface area contributed by atoms with Crippen molar-refractivity contribution >= 4 is 23.3 Å². The molecule has 0 spiro atoms. The minimum absolute atomic E-state index is 0.381. The van der Waals surface area contributed by atoms with E-state index in [1.807, 2.05) is 12.1 Å². The van der Waals surface area contributed by atoms with Gasteiger partial charge in [0, 0.05) is 22.5 Å². The molecule has 1 N–H and O–H groups in total. The summed E-state index contributed by atoms with van der Waals surface area (Å²) in [5.41, 5.74) is 1.58. The fourth-order valence-electron chi connectivity index (χ4n) is 1.03. The van der Waals surface area contributed by atoms with E-state index in [1.54, 1.807) is 19.1 Å². The number of anilines is 1. The van der Waals surface area contributed by atoms with Crippen LogP contribution < -0.4 is 5.32 Å². The van der Waals surface area contributed by atoms with E-state index >= 15 is 0 Å². The maximum absolute atomic E-state index is 10.9. The molecule has 0 saturated carbocycles. The van der Waals surface area contributed by atoms with E-state index in [0.717, 1.165) is 5.69 Å². The second-order valence-corrected chi connectivity index (χ2v) is 3.42. The lowest BCUT2D eigenvalue weighted by Crippen LogP contribution is -2.01. The number of hydrogen-bond acceptors (Lipinski definition) is 3. The molecule has 0 fully saturated rings. The molecule has 1 rings (SSSR count). The highest BCUT2D eigenvalue weighted by Crippen LogP contribution is 2.14. The smallest absolute Gasteiger partial charge is 0.332 e. The Hall–Kier alpha value is -1.48. The fourth-order valence-corrected chi connectivity index (χ4v) is 1.16. The Morgan fingerprint density at radius 2 is 2.00 bits per heavy atom. The van der Waals surface area contributed by atoms with Crippen molar-refractivity contribution < 1.29 is 9.53 Å². The topological polar surface area (TPSA) is 38.3 Å². The molecule has 3 nitrogen and oxygen atoms in total. The summed E-state index contributed by atoms with van der Waals surface area (Å²) in [4.78, 5) is 10.9. The van der Waals surface area contributed by atoms with Crippen molar-refractivity contribution in [1.29, 1.82) is 0 Å². The molecule has 4 heteroatoms. The quantitative estimate of drug-likeness (QED) is 0.635. The maximum atomic E-state index is 10.9. The van der Waals surface area contributed by atoms with Gasteiger partial charge in [0.25, 0.3) is 0 Å². The lowest BCUT2D eigenvalue weighted by atomic mass is 10.3. The standard InChI is InChI=1S/C11H12ClNO2/c1-8(7-11(14)15-2)13-10-5-3-9(12)4-6-10/h3-7,13H,1-2H3/b8-7+. The van der Waals surface area contributed by atoms with Gasteiger partial charge in [-0.3, -0.25) is 0 Å². The number of ether oxygens (including phenoxy) is 1. The molecule has 0 amide bonds. The lowest BCUT2D eigenvalue weighted by Gasteiger charge is -2.05. The van der Waals surface area contributed by atoms with Gasteiger partial charge in [-0.15, -0.1) is 0 Å². The van der Waals surface area contributed by atoms with Crippen LogP contribution >= 0.6 is 11.6 Å². The Kier molecular flexibility index (Phi) is 4.18. The maximum Gasteiger partial charge on any atom is 0.332 e. The van der Waals surface area contributed by atoms with Gasteiger partial charge in [-0.1, -0.05) is 11.6 Å². The minimum atomic E-state index is -0.381. The summed E-state index contributed by atoms with van der Waals surface area (Å²) in [5.74, 6) is -0.381. The second-order valence-electron chi connectivity index (χ2n) is 2.98. The molecule has 1 aromatic carbocycles. The van der Waals surface area contributed by atoms with E-state index in [0.29, 0.717) is 10.7 Å². The molecule has 0 aliphatic heterocycles. The number of nitrogens with one attached hydrogen (secondary N) is 1. The Morgan fingerprint density at radius 1 is 1.40 bits per heavy atom. The predicted molar refractivity (Wildman–Crippen MR) is 60.8 cm³/mol. The summed E-state index contributed by atoms with van der Waals surface area (Å²) in [6.07, 6.45) is 1.38. The van der Waals surface area contributed by atoms with Crippen molar-refractivity contribution in [3.63, 3.8) is 0 Å². The summed E-state index contributed by atoms with van der Waals surface area (Å²) < 4.78 is 4.50. The first-order valence-corrected chi connectivity index (χ1v) is 4.78. The van der Waals surface area contributed by atoms with Crippen LogP contribution in [0.3, 0.4) is 0 Å². The fraction of sp³-hybridized carbons (Fsp3) is 0.182. The van der Waals surface area contributed by atoms with Crippen LogP contribution in [-0.2, 0) is 9.53 Å². The monoisotopic (exact) mass is 225 g/mol. The molecule has 0 aliphatic carbocycles. The van der Waals surface area contributed by atoms with Gasteiger partial charge < -0.3 is 10.1 Å². The number of benzene rings is 1. The summed E-state index contributed by atoms with van der Waals surface area (Å²) in [7, 11) is 1.34. The molecule has 0 saturated heterocycles. The van der Waals surface area contributed by atoms with Crippen LogP contribution in [0.25, 0.3) is 0 Å². The van der Waals surface area contributed by atoms with Gasteiger partial charge in [-0.05, 0) is 31.2 Å². The Balaban J connectivity index is 2.66. The van der Waals surface area contributed by atoms with Crippen LogP contribution in [0.1, 0.15) is 6.92 Å². The van der Waals surface area contributed by atoms with Crippen molar-refractivity contribution in [3.8, 4) is 0 Å². The SMILES string of the molecule is COC(=O)/C=C(\C)Nc1ccc(Cl)cc1. The van der Waals surface area contributed by atoms with Crippen LogP contribution in [0.15, 0.2) is 36.0 Å². The van der Waals surface area contributed by atoms with Crippen molar-refractivity contribution in [2.75, 3.05) is 12.4 Å². The third kappa shape index (κ3) is 4.04. The third-order valence-electron chi connectivity index (χ3n) is 1.72. The third-order valence-corrected chi connectivity index (χ3v) is 1.97. The lowest BCUT2D eigenvalue weighted by molar-refractivity contribution is -0.134. The van der Waals surface area contributed by atoms with E-state index in [4.69, 9.17) is 11.6 Å². The van der Waals surface area contributed by atoms with Crippen LogP contribution in [-0.4, -0.2) is 13.1 Å². The number of carbonyl (C=O) groups excluding carboxylic acids is 1. The van der Waals surface area contributed by atoms with Gasteiger partial charge in [-0.25, -0.2) is 4.79 Å². The highest BCUT2D eigenvalue weighted by molar-refractivity contribution is 6.30. The zero-order valence-electron chi connectivity index (χ0n) is 8.58. The molecule has 1 aromatic rings. The first-order valence-electron chi connectivity index (χ1n) is 4.40. The molecular formula is C11H12ClNO2. The summed E-state index contributed by atoms with van der Waals surface area (Å²) in [6, 6.07) is 7.21. The van der Waals surface area contributed by atoms with Gasteiger partial charge in [0.15, 0.2) is 0 Å². The van der Waals surface area contributed by atoms with Crippen LogP contribution in [0, 0.1) is 0 Å². The van der Waals surface area contributed by atoms with Crippen LogP contribution in [0.2, 0.25) is 5.02 Å². The van der Waals surface area contributed by atoms with E-state index in [-0.39, 0.29) is 5.97 Å². The number of halogens is 1. The van der Waals surface area contributed by atoms with Crippen molar-refractivity contribution in [2.45, 2.75) is 6.92 Å². The van der Waals surface area contributed by atoms with Gasteiger partial charge in [-0.2, -0.15) is 0 Å². The Morgan fingerprint density at radius 3 is 2.53 bits per heavy atom. The average molecular weight is 226 g/mol. The molecule has 15 heavy (non-hydrogen) atoms. The van der Waals surface area contributed by atoms with Crippen molar-refractivity contribution in [1.82, 2.24) is 0 Å². The highest BCUT2D eigenvalue weighted by atomic mass is 35.5. The van der Waals surface area contributed by atoms with Crippen molar-refractivity contribution in [3.05, 3.63) is 41.1 Å². The van der Waals surface area contributed by atoms with E-state index in [9.17, 15) is 4.79 Å². The predicted octanol–water partition coefficient (Wildman–Crippen LogP) is 2.83. The van der Waals surface area contributed by atoms with Gasteiger partial charge in [0.1, 0.15) is 0 Å². The Labute approximate surface area is 93.7 Å². The number of esters is 1. The van der Waals surface area contributed by atoms with E-state index in [1.165, 1.54) is 13.2 Å². The number of carbonyl (C=O) groups is 1. The molecule has 0 aromatic heterocycles. The van der Waals surface area contributed by atoms with E-state index < -0.39 is 0 Å². The normalized spacial score (nSPS) is 11.0. The van der Waals surface area contributed by atoms with Crippen LogP contribution in [0.5, 0.6) is 0 Å². The van der Waals surface area contributed by atoms with Crippen molar-refractivity contribution in [2.24, 2.45) is 0 Å². The summed E-state index contributed by atoms with van der Waals surface area (Å²) in [5, 5.41) is 3.71. The number of hydrogen-bond donors (Lipinski definition) is 1. The molecule has 0 unspecified atom stereocenters. The van der Waals surface area contributed by atoms with Crippen LogP contribution in [0.4, 0.5) is 5.69 Å². The molecule has 0 heterocycles. The summed E-state index contributed by atoms with van der Waals surface area (Å²) >= 11 is 5.74. The molecule has 0 atom stereocenters. The molecule has 0 radical (unpaired) electrons. The zero-order chi connectivity index (χ0) is 11.3. The number of methoxy groups -OCH3 is 1. The summed E-state index contributed by atoms with van der Waals surface area (Å²) in [6.45, 7) is 1.78.